The molecule has 24 heavy (non-hydrogen) atoms. The van der Waals surface area contributed by atoms with Gasteiger partial charge in [0.05, 0.1) is 11.8 Å². The van der Waals surface area contributed by atoms with Crippen LogP contribution in [0.3, 0.4) is 0 Å². The second-order valence-corrected chi connectivity index (χ2v) is 5.84. The van der Waals surface area contributed by atoms with Crippen molar-refractivity contribution in [2.24, 2.45) is 7.05 Å². The fourth-order valence-electron chi connectivity index (χ4n) is 2.79. The van der Waals surface area contributed by atoms with Crippen LogP contribution in [0.15, 0.2) is 39.9 Å². The summed E-state index contributed by atoms with van der Waals surface area (Å²) in [5.41, 5.74) is 0.0561. The van der Waals surface area contributed by atoms with Gasteiger partial charge in [-0.3, -0.25) is 14.4 Å². The van der Waals surface area contributed by atoms with Crippen molar-refractivity contribution in [2.45, 2.75) is 19.3 Å². The van der Waals surface area contributed by atoms with Crippen molar-refractivity contribution in [3.05, 3.63) is 52.3 Å². The van der Waals surface area contributed by atoms with Crippen molar-refractivity contribution >= 4 is 17.5 Å². The van der Waals surface area contributed by atoms with E-state index in [1.165, 1.54) is 29.2 Å². The standard InChI is InChI=1S/C17H19N3O4/c1-19-11-12(16(22)20-7-3-2-4-8-20)10-13(17(19)23)18-15(21)14-6-5-9-24-14/h5-6,9-11H,2-4,7-8H2,1H3,(H,18,21). The van der Waals surface area contributed by atoms with Gasteiger partial charge in [-0.15, -0.1) is 0 Å². The molecule has 0 atom stereocenters. The number of hydrogen-bond donors (Lipinski definition) is 1. The number of nitrogens with zero attached hydrogens (tertiary/aromatic N) is 2. The van der Waals surface area contributed by atoms with Crippen molar-refractivity contribution in [2.75, 3.05) is 18.4 Å². The predicted octanol–water partition coefficient (Wildman–Crippen LogP) is 1.86. The molecule has 0 spiro atoms. The lowest BCUT2D eigenvalue weighted by molar-refractivity contribution is 0.0723. The average Bonchev–Trinajstić information content (AvgIpc) is 3.13. The first-order chi connectivity index (χ1) is 11.6. The Morgan fingerprint density at radius 1 is 1.21 bits per heavy atom. The van der Waals surface area contributed by atoms with Gasteiger partial charge in [0.25, 0.3) is 17.4 Å². The molecule has 2 amide bonds. The summed E-state index contributed by atoms with van der Waals surface area (Å²) in [5.74, 6) is -0.553. The summed E-state index contributed by atoms with van der Waals surface area (Å²) in [4.78, 5) is 38.7. The lowest BCUT2D eigenvalue weighted by atomic mass is 10.1. The Kier molecular flexibility index (Phi) is 4.50. The molecule has 1 aliphatic rings. The Bertz CT molecular complexity index is 802. The number of amides is 2. The Hall–Kier alpha value is -2.83. The molecule has 7 nitrogen and oxygen atoms in total. The molecular weight excluding hydrogens is 310 g/mol. The molecule has 0 unspecified atom stereocenters. The molecule has 0 radical (unpaired) electrons. The molecule has 0 saturated carbocycles. The molecule has 126 valence electrons. The number of nitrogens with one attached hydrogen (secondary N) is 1. The summed E-state index contributed by atoms with van der Waals surface area (Å²) in [7, 11) is 1.55. The fraction of sp³-hybridized carbons (Fsp3) is 0.353. The highest BCUT2D eigenvalue weighted by atomic mass is 16.3. The molecule has 2 aromatic heterocycles. The number of aromatic nitrogens is 1. The Labute approximate surface area is 138 Å². The smallest absolute Gasteiger partial charge is 0.291 e. The van der Waals surface area contributed by atoms with E-state index in [0.717, 1.165) is 32.4 Å². The van der Waals surface area contributed by atoms with Gasteiger partial charge in [-0.1, -0.05) is 0 Å². The summed E-state index contributed by atoms with van der Waals surface area (Å²) < 4.78 is 6.31. The average molecular weight is 329 g/mol. The zero-order valence-corrected chi connectivity index (χ0v) is 13.4. The number of pyridine rings is 1. The molecule has 1 fully saturated rings. The molecule has 1 aliphatic heterocycles. The third kappa shape index (κ3) is 3.24. The van der Waals surface area contributed by atoms with E-state index in [2.05, 4.69) is 5.32 Å². The van der Waals surface area contributed by atoms with Crippen LogP contribution in [0.25, 0.3) is 0 Å². The number of rotatable bonds is 3. The van der Waals surface area contributed by atoms with Crippen molar-refractivity contribution in [3.8, 4) is 0 Å². The minimum Gasteiger partial charge on any atom is -0.459 e. The molecule has 3 rings (SSSR count). The summed E-state index contributed by atoms with van der Waals surface area (Å²) >= 11 is 0. The van der Waals surface area contributed by atoms with E-state index in [4.69, 9.17) is 4.42 Å². The number of aryl methyl sites for hydroxylation is 1. The van der Waals surface area contributed by atoms with Crippen molar-refractivity contribution in [3.63, 3.8) is 0 Å². The fourth-order valence-corrected chi connectivity index (χ4v) is 2.79. The Balaban J connectivity index is 1.87. The van der Waals surface area contributed by atoms with Crippen LogP contribution >= 0.6 is 0 Å². The molecule has 0 aliphatic carbocycles. The van der Waals surface area contributed by atoms with Crippen LogP contribution in [0.2, 0.25) is 0 Å². The van der Waals surface area contributed by atoms with E-state index in [1.54, 1.807) is 18.0 Å². The highest BCUT2D eigenvalue weighted by Gasteiger charge is 2.21. The van der Waals surface area contributed by atoms with Crippen molar-refractivity contribution in [1.29, 1.82) is 0 Å². The van der Waals surface area contributed by atoms with Crippen LogP contribution < -0.4 is 10.9 Å². The molecule has 0 bridgehead atoms. The van der Waals surface area contributed by atoms with Gasteiger partial charge in [-0.2, -0.15) is 0 Å². The molecular formula is C17H19N3O4. The number of hydrogen-bond acceptors (Lipinski definition) is 4. The SMILES string of the molecule is Cn1cc(C(=O)N2CCCCC2)cc(NC(=O)c2ccco2)c1=O. The Morgan fingerprint density at radius 2 is 1.96 bits per heavy atom. The second-order valence-electron chi connectivity index (χ2n) is 5.84. The predicted molar refractivity (Wildman–Crippen MR) is 88.1 cm³/mol. The minimum absolute atomic E-state index is 0.0572. The Morgan fingerprint density at radius 3 is 2.62 bits per heavy atom. The monoisotopic (exact) mass is 329 g/mol. The van der Waals surface area contributed by atoms with Gasteiger partial charge in [-0.05, 0) is 37.5 Å². The van der Waals surface area contributed by atoms with Gasteiger partial charge < -0.3 is 19.2 Å². The molecule has 2 aromatic rings. The van der Waals surface area contributed by atoms with Gasteiger partial charge >= 0.3 is 0 Å². The van der Waals surface area contributed by atoms with Crippen molar-refractivity contribution < 1.29 is 14.0 Å². The van der Waals surface area contributed by atoms with Gasteiger partial charge in [0.1, 0.15) is 5.69 Å². The number of carbonyl (C=O) groups excluding carboxylic acids is 2. The van der Waals surface area contributed by atoms with E-state index >= 15 is 0 Å². The highest BCUT2D eigenvalue weighted by Crippen LogP contribution is 2.15. The number of carbonyl (C=O) groups is 2. The minimum atomic E-state index is -0.528. The zero-order valence-electron chi connectivity index (χ0n) is 13.4. The lowest BCUT2D eigenvalue weighted by Crippen LogP contribution is -2.36. The molecule has 7 heteroatoms. The molecule has 0 aromatic carbocycles. The van der Waals surface area contributed by atoms with Crippen LogP contribution in [-0.4, -0.2) is 34.4 Å². The largest absolute Gasteiger partial charge is 0.459 e. The maximum atomic E-state index is 12.6. The van der Waals surface area contributed by atoms with E-state index in [-0.39, 0.29) is 22.9 Å². The summed E-state index contributed by atoms with van der Waals surface area (Å²) in [5, 5.41) is 2.51. The summed E-state index contributed by atoms with van der Waals surface area (Å²) in [6, 6.07) is 4.52. The number of likely N-dealkylation sites (tertiary alicyclic amines) is 1. The van der Waals surface area contributed by atoms with Crippen LogP contribution in [-0.2, 0) is 7.05 Å². The van der Waals surface area contributed by atoms with Crippen LogP contribution in [0.5, 0.6) is 0 Å². The quantitative estimate of drug-likeness (QED) is 0.931. The number of furan rings is 1. The second kappa shape index (κ2) is 6.74. The van der Waals surface area contributed by atoms with Gasteiger partial charge in [-0.25, -0.2) is 0 Å². The normalized spacial score (nSPS) is 14.5. The topological polar surface area (TPSA) is 84.6 Å². The molecule has 3 heterocycles. The highest BCUT2D eigenvalue weighted by molar-refractivity contribution is 6.03. The molecule has 1 saturated heterocycles. The van der Waals surface area contributed by atoms with E-state index in [0.29, 0.717) is 5.56 Å². The van der Waals surface area contributed by atoms with Crippen LogP contribution in [0.1, 0.15) is 40.2 Å². The lowest BCUT2D eigenvalue weighted by Gasteiger charge is -2.27. The van der Waals surface area contributed by atoms with Crippen molar-refractivity contribution in [1.82, 2.24) is 9.47 Å². The zero-order chi connectivity index (χ0) is 17.1. The van der Waals surface area contributed by atoms with Gasteiger partial charge in [0.15, 0.2) is 5.76 Å². The van der Waals surface area contributed by atoms with Gasteiger partial charge in [0, 0.05) is 26.3 Å². The maximum Gasteiger partial charge on any atom is 0.291 e. The van der Waals surface area contributed by atoms with Gasteiger partial charge in [0.2, 0.25) is 0 Å². The first kappa shape index (κ1) is 16.0. The number of piperidine rings is 1. The van der Waals surface area contributed by atoms with E-state index in [1.807, 2.05) is 0 Å². The number of anilines is 1. The third-order valence-corrected chi connectivity index (χ3v) is 4.07. The maximum absolute atomic E-state index is 12.6. The third-order valence-electron chi connectivity index (χ3n) is 4.07. The first-order valence-electron chi connectivity index (χ1n) is 7.91. The van der Waals surface area contributed by atoms with E-state index < -0.39 is 5.91 Å². The molecule has 1 N–H and O–H groups in total. The summed E-state index contributed by atoms with van der Waals surface area (Å²) in [6.45, 7) is 1.44. The summed E-state index contributed by atoms with van der Waals surface area (Å²) in [6.07, 6.45) is 5.98. The van der Waals surface area contributed by atoms with Crippen LogP contribution in [0.4, 0.5) is 5.69 Å². The first-order valence-corrected chi connectivity index (χ1v) is 7.91. The van der Waals surface area contributed by atoms with Crippen LogP contribution in [0, 0.1) is 0 Å². The van der Waals surface area contributed by atoms with E-state index in [9.17, 15) is 14.4 Å².